The molecule has 1 amide bonds. The summed E-state index contributed by atoms with van der Waals surface area (Å²) < 4.78 is 34.0. The minimum Gasteiger partial charge on any atom is -0.476 e. The van der Waals surface area contributed by atoms with Gasteiger partial charge in [-0.15, -0.1) is 0 Å². The Hall–Kier alpha value is -3.03. The summed E-state index contributed by atoms with van der Waals surface area (Å²) in [6.45, 7) is 2.27. The van der Waals surface area contributed by atoms with Crippen molar-refractivity contribution in [3.05, 3.63) is 88.9 Å². The van der Waals surface area contributed by atoms with Gasteiger partial charge in [-0.3, -0.25) is 9.10 Å². The molecule has 166 valence electrons. The minimum atomic E-state index is -3.92. The van der Waals surface area contributed by atoms with E-state index in [1.807, 2.05) is 31.2 Å². The number of benzene rings is 3. The molecule has 6 nitrogen and oxygen atoms in total. The summed E-state index contributed by atoms with van der Waals surface area (Å²) in [6.07, 6.45) is -0.970. The van der Waals surface area contributed by atoms with E-state index in [1.165, 1.54) is 28.6 Å². The molecular formula is C24H23ClN2O4S. The highest BCUT2D eigenvalue weighted by Crippen LogP contribution is 2.37. The van der Waals surface area contributed by atoms with Gasteiger partial charge in [-0.2, -0.15) is 0 Å². The van der Waals surface area contributed by atoms with Crippen LogP contribution in [0.2, 0.25) is 5.02 Å². The van der Waals surface area contributed by atoms with Crippen LogP contribution in [-0.2, 0) is 21.4 Å². The predicted octanol–water partition coefficient (Wildman–Crippen LogP) is 4.26. The largest absolute Gasteiger partial charge is 0.476 e. The van der Waals surface area contributed by atoms with Gasteiger partial charge >= 0.3 is 0 Å². The van der Waals surface area contributed by atoms with Gasteiger partial charge in [0.1, 0.15) is 5.75 Å². The number of fused-ring (bicyclic) bond motifs is 1. The van der Waals surface area contributed by atoms with E-state index in [-0.39, 0.29) is 17.3 Å². The van der Waals surface area contributed by atoms with Gasteiger partial charge in [0.25, 0.3) is 15.9 Å². The fourth-order valence-electron chi connectivity index (χ4n) is 3.58. The smallest absolute Gasteiger partial charge is 0.265 e. The van der Waals surface area contributed by atoms with E-state index in [9.17, 15) is 13.2 Å². The third-order valence-electron chi connectivity index (χ3n) is 5.33. The summed E-state index contributed by atoms with van der Waals surface area (Å²) in [4.78, 5) is 14.8. The van der Waals surface area contributed by atoms with Crippen molar-refractivity contribution in [1.29, 1.82) is 0 Å². The number of amides is 1. The molecule has 8 heteroatoms. The van der Waals surface area contributed by atoms with Crippen LogP contribution in [0.15, 0.2) is 77.7 Å². The maximum atomic E-state index is 13.4. The fraction of sp³-hybridized carbons (Fsp3) is 0.208. The van der Waals surface area contributed by atoms with E-state index < -0.39 is 16.1 Å². The lowest BCUT2D eigenvalue weighted by Crippen LogP contribution is -2.50. The molecule has 1 atom stereocenters. The molecule has 0 spiro atoms. The zero-order chi connectivity index (χ0) is 22.9. The molecule has 1 heterocycles. The van der Waals surface area contributed by atoms with Crippen LogP contribution in [0.25, 0.3) is 0 Å². The molecule has 0 saturated carbocycles. The van der Waals surface area contributed by atoms with E-state index in [0.717, 1.165) is 11.1 Å². The van der Waals surface area contributed by atoms with E-state index in [1.54, 1.807) is 36.2 Å². The van der Waals surface area contributed by atoms with E-state index in [0.29, 0.717) is 23.0 Å². The Morgan fingerprint density at radius 3 is 2.41 bits per heavy atom. The number of carbonyl (C=O) groups is 1. The standard InChI is InChI=1S/C24H23ClN2O4S/c1-17-7-9-18(10-8-17)15-26(2)24(28)23-16-27(21-5-3-4-6-22(21)31-23)32(29,30)20-13-11-19(25)12-14-20/h3-14,23H,15-16H2,1-2H3/t23-/m0/s1. The molecule has 0 radical (unpaired) electrons. The molecule has 0 saturated heterocycles. The first-order valence-corrected chi connectivity index (χ1v) is 11.9. The van der Waals surface area contributed by atoms with Crippen LogP contribution in [0.5, 0.6) is 5.75 Å². The van der Waals surface area contributed by atoms with Crippen LogP contribution in [0.1, 0.15) is 11.1 Å². The number of sulfonamides is 1. The van der Waals surface area contributed by atoms with Crippen molar-refractivity contribution in [2.45, 2.75) is 24.5 Å². The zero-order valence-electron chi connectivity index (χ0n) is 17.7. The second-order valence-corrected chi connectivity index (χ2v) is 10.0. The highest BCUT2D eigenvalue weighted by atomic mass is 35.5. The Morgan fingerprint density at radius 2 is 1.72 bits per heavy atom. The first-order chi connectivity index (χ1) is 15.3. The Morgan fingerprint density at radius 1 is 1.06 bits per heavy atom. The lowest BCUT2D eigenvalue weighted by molar-refractivity contribution is -0.137. The summed E-state index contributed by atoms with van der Waals surface area (Å²) in [5, 5.41) is 0.442. The average molecular weight is 471 g/mol. The molecule has 0 aromatic heterocycles. The lowest BCUT2D eigenvalue weighted by atomic mass is 10.1. The summed E-state index contributed by atoms with van der Waals surface area (Å²) >= 11 is 5.92. The number of nitrogens with zero attached hydrogens (tertiary/aromatic N) is 2. The number of likely N-dealkylation sites (N-methyl/N-ethyl adjacent to an activating group) is 1. The monoisotopic (exact) mass is 470 g/mol. The van der Waals surface area contributed by atoms with Crippen LogP contribution < -0.4 is 9.04 Å². The highest BCUT2D eigenvalue weighted by Gasteiger charge is 2.38. The number of hydrogen-bond donors (Lipinski definition) is 0. The summed E-state index contributed by atoms with van der Waals surface area (Å²) in [7, 11) is -2.24. The van der Waals surface area contributed by atoms with Crippen LogP contribution in [0.4, 0.5) is 5.69 Å². The predicted molar refractivity (Wildman–Crippen MR) is 124 cm³/mol. The number of anilines is 1. The van der Waals surface area contributed by atoms with Crippen molar-refractivity contribution in [2.24, 2.45) is 0 Å². The van der Waals surface area contributed by atoms with Crippen LogP contribution in [0, 0.1) is 6.92 Å². The molecule has 4 rings (SSSR count). The highest BCUT2D eigenvalue weighted by molar-refractivity contribution is 7.92. The quantitative estimate of drug-likeness (QED) is 0.558. The van der Waals surface area contributed by atoms with Gasteiger partial charge < -0.3 is 9.64 Å². The van der Waals surface area contributed by atoms with Crippen LogP contribution >= 0.6 is 11.6 Å². The number of rotatable bonds is 5. The molecule has 0 fully saturated rings. The third-order valence-corrected chi connectivity index (χ3v) is 7.37. The number of hydrogen-bond acceptors (Lipinski definition) is 4. The molecule has 1 aliphatic rings. The molecule has 0 aliphatic carbocycles. The number of ether oxygens (including phenoxy) is 1. The van der Waals surface area contributed by atoms with E-state index in [4.69, 9.17) is 16.3 Å². The maximum Gasteiger partial charge on any atom is 0.265 e. The average Bonchev–Trinajstić information content (AvgIpc) is 2.79. The number of carbonyl (C=O) groups excluding carboxylic acids is 1. The number of para-hydroxylation sites is 2. The molecule has 3 aromatic rings. The van der Waals surface area contributed by atoms with Crippen molar-refractivity contribution in [3.8, 4) is 5.75 Å². The lowest BCUT2D eigenvalue weighted by Gasteiger charge is -2.36. The molecule has 3 aromatic carbocycles. The van der Waals surface area contributed by atoms with Gasteiger partial charge in [-0.25, -0.2) is 8.42 Å². The van der Waals surface area contributed by atoms with Crippen LogP contribution in [-0.4, -0.2) is 38.9 Å². The molecular weight excluding hydrogens is 448 g/mol. The molecule has 0 unspecified atom stereocenters. The van der Waals surface area contributed by atoms with Gasteiger partial charge in [0.15, 0.2) is 6.10 Å². The van der Waals surface area contributed by atoms with E-state index in [2.05, 4.69) is 0 Å². The summed E-state index contributed by atoms with van der Waals surface area (Å²) in [5.41, 5.74) is 2.51. The van der Waals surface area contributed by atoms with E-state index >= 15 is 0 Å². The second kappa shape index (κ2) is 8.84. The van der Waals surface area contributed by atoms with Crippen molar-refractivity contribution >= 4 is 33.2 Å². The summed E-state index contributed by atoms with van der Waals surface area (Å²) in [5.74, 6) is 0.0507. The van der Waals surface area contributed by atoms with Crippen molar-refractivity contribution in [3.63, 3.8) is 0 Å². The molecule has 32 heavy (non-hydrogen) atoms. The Balaban J connectivity index is 1.62. The normalized spacial score (nSPS) is 15.6. The van der Waals surface area contributed by atoms with Crippen molar-refractivity contribution in [2.75, 3.05) is 17.9 Å². The minimum absolute atomic E-state index is 0.0952. The van der Waals surface area contributed by atoms with Gasteiger partial charge in [0.2, 0.25) is 0 Å². The number of halogens is 1. The Labute approximate surface area is 193 Å². The Bertz CT molecular complexity index is 1230. The second-order valence-electron chi connectivity index (χ2n) is 7.74. The van der Waals surface area contributed by atoms with Crippen LogP contribution in [0.3, 0.4) is 0 Å². The Kier molecular flexibility index (Phi) is 6.13. The topological polar surface area (TPSA) is 66.9 Å². The SMILES string of the molecule is Cc1ccc(CN(C)C(=O)[C@@H]2CN(S(=O)(=O)c3ccc(Cl)cc3)c3ccccc3O2)cc1. The fourth-order valence-corrected chi connectivity index (χ4v) is 5.19. The molecule has 0 bridgehead atoms. The van der Waals surface area contributed by atoms with Gasteiger partial charge in [0.05, 0.1) is 17.1 Å². The first kappa shape index (κ1) is 22.2. The van der Waals surface area contributed by atoms with Crippen molar-refractivity contribution < 1.29 is 17.9 Å². The summed E-state index contributed by atoms with van der Waals surface area (Å²) in [6, 6.07) is 20.7. The molecule has 1 aliphatic heterocycles. The third kappa shape index (κ3) is 4.45. The first-order valence-electron chi connectivity index (χ1n) is 10.1. The van der Waals surface area contributed by atoms with Gasteiger partial charge in [0, 0.05) is 18.6 Å². The molecule has 0 N–H and O–H groups in total. The van der Waals surface area contributed by atoms with Gasteiger partial charge in [-0.1, -0.05) is 53.6 Å². The van der Waals surface area contributed by atoms with Gasteiger partial charge in [-0.05, 0) is 48.9 Å². The number of aryl methyl sites for hydroxylation is 1. The van der Waals surface area contributed by atoms with Crippen molar-refractivity contribution in [1.82, 2.24) is 4.90 Å². The zero-order valence-corrected chi connectivity index (χ0v) is 19.3. The maximum absolute atomic E-state index is 13.4.